The zero-order valence-corrected chi connectivity index (χ0v) is 9.86. The number of anilines is 2. The Balaban J connectivity index is 2.84. The van der Waals surface area contributed by atoms with Crippen molar-refractivity contribution in [3.63, 3.8) is 0 Å². The van der Waals surface area contributed by atoms with Gasteiger partial charge in [-0.05, 0) is 18.1 Å². The predicted molar refractivity (Wildman–Crippen MR) is 65.1 cm³/mol. The van der Waals surface area contributed by atoms with Crippen LogP contribution in [0.1, 0.15) is 13.8 Å². The summed E-state index contributed by atoms with van der Waals surface area (Å²) in [4.78, 5) is 11.5. The summed E-state index contributed by atoms with van der Waals surface area (Å²) in [6.07, 6.45) is 0. The number of ether oxygens (including phenoxy) is 1. The van der Waals surface area contributed by atoms with Gasteiger partial charge in [-0.3, -0.25) is 0 Å². The van der Waals surface area contributed by atoms with Crippen LogP contribution in [0.25, 0.3) is 0 Å². The number of nitrogen functional groups attached to an aromatic ring is 1. The van der Waals surface area contributed by atoms with Gasteiger partial charge in [0, 0.05) is 0 Å². The maximum atomic E-state index is 11.5. The Bertz CT molecular complexity index is 364. The molecule has 1 atom stereocenters. The van der Waals surface area contributed by atoms with Crippen molar-refractivity contribution in [2.24, 2.45) is 5.92 Å². The highest BCUT2D eigenvalue weighted by molar-refractivity contribution is 5.81. The van der Waals surface area contributed by atoms with Gasteiger partial charge in [0.15, 0.2) is 0 Å². The molecule has 0 bridgehead atoms. The second-order valence-corrected chi connectivity index (χ2v) is 3.98. The number of hydrogen-bond donors (Lipinski definition) is 2. The molecule has 0 heterocycles. The van der Waals surface area contributed by atoms with E-state index in [2.05, 4.69) is 5.32 Å². The smallest absolute Gasteiger partial charge is 0.328 e. The molecule has 1 unspecified atom stereocenters. The van der Waals surface area contributed by atoms with E-state index in [-0.39, 0.29) is 17.9 Å². The van der Waals surface area contributed by atoms with Crippen molar-refractivity contribution in [3.05, 3.63) is 24.3 Å². The van der Waals surface area contributed by atoms with E-state index in [0.29, 0.717) is 5.69 Å². The fourth-order valence-corrected chi connectivity index (χ4v) is 1.42. The molecule has 1 aromatic carbocycles. The molecule has 3 N–H and O–H groups in total. The Hall–Kier alpha value is -1.71. The second-order valence-electron chi connectivity index (χ2n) is 3.98. The average molecular weight is 222 g/mol. The third kappa shape index (κ3) is 2.89. The fraction of sp³-hybridized carbons (Fsp3) is 0.417. The minimum atomic E-state index is -0.380. The standard InChI is InChI=1S/C12H18N2O2/c1-8(2)11(12(15)16-3)14-10-7-5-4-6-9(10)13/h4-8,11,14H,13H2,1-3H3. The van der Waals surface area contributed by atoms with E-state index in [1.54, 1.807) is 6.07 Å². The average Bonchev–Trinajstić information content (AvgIpc) is 2.26. The molecule has 0 amide bonds. The summed E-state index contributed by atoms with van der Waals surface area (Å²) in [6, 6.07) is 6.97. The Morgan fingerprint density at radius 3 is 2.50 bits per heavy atom. The van der Waals surface area contributed by atoms with Gasteiger partial charge in [-0.25, -0.2) is 4.79 Å². The highest BCUT2D eigenvalue weighted by Crippen LogP contribution is 2.20. The van der Waals surface area contributed by atoms with Crippen molar-refractivity contribution >= 4 is 17.3 Å². The first kappa shape index (κ1) is 12.4. The van der Waals surface area contributed by atoms with Crippen molar-refractivity contribution < 1.29 is 9.53 Å². The van der Waals surface area contributed by atoms with Gasteiger partial charge < -0.3 is 15.8 Å². The van der Waals surface area contributed by atoms with Gasteiger partial charge >= 0.3 is 5.97 Å². The summed E-state index contributed by atoms with van der Waals surface area (Å²) in [5, 5.41) is 3.10. The molecule has 0 aliphatic rings. The van der Waals surface area contributed by atoms with Crippen LogP contribution in [-0.4, -0.2) is 19.1 Å². The lowest BCUT2D eigenvalue weighted by Crippen LogP contribution is -2.35. The molecule has 0 saturated carbocycles. The van der Waals surface area contributed by atoms with Crippen molar-refractivity contribution in [2.75, 3.05) is 18.2 Å². The molecule has 1 aromatic rings. The monoisotopic (exact) mass is 222 g/mol. The minimum absolute atomic E-state index is 0.132. The van der Waals surface area contributed by atoms with Crippen LogP contribution in [-0.2, 0) is 9.53 Å². The first-order chi connectivity index (χ1) is 7.56. The van der Waals surface area contributed by atoms with E-state index in [0.717, 1.165) is 5.69 Å². The zero-order valence-electron chi connectivity index (χ0n) is 9.86. The fourth-order valence-electron chi connectivity index (χ4n) is 1.42. The van der Waals surface area contributed by atoms with Gasteiger partial charge in [0.2, 0.25) is 0 Å². The summed E-state index contributed by atoms with van der Waals surface area (Å²) < 4.78 is 4.74. The lowest BCUT2D eigenvalue weighted by molar-refractivity contribution is -0.142. The third-order valence-electron chi connectivity index (χ3n) is 2.39. The molecule has 88 valence electrons. The summed E-state index contributed by atoms with van der Waals surface area (Å²) >= 11 is 0. The van der Waals surface area contributed by atoms with Crippen molar-refractivity contribution in [1.29, 1.82) is 0 Å². The number of methoxy groups -OCH3 is 1. The van der Waals surface area contributed by atoms with Crippen LogP contribution in [0.2, 0.25) is 0 Å². The van der Waals surface area contributed by atoms with Gasteiger partial charge in [0.25, 0.3) is 0 Å². The van der Waals surface area contributed by atoms with Crippen LogP contribution in [0.5, 0.6) is 0 Å². The number of carbonyl (C=O) groups excluding carboxylic acids is 1. The molecule has 0 aliphatic carbocycles. The summed E-state index contributed by atoms with van der Waals surface area (Å²) in [5.41, 5.74) is 7.17. The molecule has 4 nitrogen and oxygen atoms in total. The molecule has 16 heavy (non-hydrogen) atoms. The van der Waals surface area contributed by atoms with Crippen LogP contribution in [0, 0.1) is 5.92 Å². The highest BCUT2D eigenvalue weighted by Gasteiger charge is 2.23. The van der Waals surface area contributed by atoms with Gasteiger partial charge in [-0.2, -0.15) is 0 Å². The second kappa shape index (κ2) is 5.39. The summed E-state index contributed by atoms with van der Waals surface area (Å²) in [6.45, 7) is 3.90. The molecule has 4 heteroatoms. The number of nitrogens with one attached hydrogen (secondary N) is 1. The van der Waals surface area contributed by atoms with Crippen molar-refractivity contribution in [1.82, 2.24) is 0 Å². The van der Waals surface area contributed by atoms with Crippen LogP contribution in [0.4, 0.5) is 11.4 Å². The van der Waals surface area contributed by atoms with Crippen molar-refractivity contribution in [2.45, 2.75) is 19.9 Å². The van der Waals surface area contributed by atoms with E-state index in [9.17, 15) is 4.79 Å². The first-order valence-electron chi connectivity index (χ1n) is 5.25. The van der Waals surface area contributed by atoms with Crippen LogP contribution in [0.15, 0.2) is 24.3 Å². The lowest BCUT2D eigenvalue weighted by Gasteiger charge is -2.21. The third-order valence-corrected chi connectivity index (χ3v) is 2.39. The lowest BCUT2D eigenvalue weighted by atomic mass is 10.0. The number of nitrogens with two attached hydrogens (primary N) is 1. The first-order valence-corrected chi connectivity index (χ1v) is 5.25. The molecule has 0 aliphatic heterocycles. The maximum Gasteiger partial charge on any atom is 0.328 e. The largest absolute Gasteiger partial charge is 0.467 e. The molecular formula is C12H18N2O2. The minimum Gasteiger partial charge on any atom is -0.467 e. The summed E-state index contributed by atoms with van der Waals surface area (Å²) in [7, 11) is 1.38. The van der Waals surface area contributed by atoms with E-state index >= 15 is 0 Å². The Kier molecular flexibility index (Phi) is 4.17. The molecule has 0 aromatic heterocycles. The SMILES string of the molecule is COC(=O)C(Nc1ccccc1N)C(C)C. The number of esters is 1. The summed E-state index contributed by atoms with van der Waals surface area (Å²) in [5.74, 6) is -0.148. The number of carbonyl (C=O) groups is 1. The quantitative estimate of drug-likeness (QED) is 0.603. The van der Waals surface area contributed by atoms with E-state index in [1.807, 2.05) is 32.0 Å². The maximum absolute atomic E-state index is 11.5. The van der Waals surface area contributed by atoms with Crippen LogP contribution < -0.4 is 11.1 Å². The normalized spacial score (nSPS) is 12.2. The predicted octanol–water partition coefficient (Wildman–Crippen LogP) is 1.88. The van der Waals surface area contributed by atoms with E-state index < -0.39 is 0 Å². The van der Waals surface area contributed by atoms with Crippen molar-refractivity contribution in [3.8, 4) is 0 Å². The van der Waals surface area contributed by atoms with Gasteiger partial charge in [0.1, 0.15) is 6.04 Å². The molecule has 0 saturated heterocycles. The number of rotatable bonds is 4. The van der Waals surface area contributed by atoms with Gasteiger partial charge in [-0.15, -0.1) is 0 Å². The number of benzene rings is 1. The highest BCUT2D eigenvalue weighted by atomic mass is 16.5. The number of hydrogen-bond acceptors (Lipinski definition) is 4. The molecule has 0 fully saturated rings. The molecule has 1 rings (SSSR count). The van der Waals surface area contributed by atoms with Crippen LogP contribution >= 0.6 is 0 Å². The zero-order chi connectivity index (χ0) is 12.1. The van der Waals surface area contributed by atoms with Gasteiger partial charge in [0.05, 0.1) is 18.5 Å². The van der Waals surface area contributed by atoms with E-state index in [1.165, 1.54) is 7.11 Å². The Morgan fingerprint density at radius 1 is 1.38 bits per heavy atom. The number of para-hydroxylation sites is 2. The molecule has 0 spiro atoms. The van der Waals surface area contributed by atoms with E-state index in [4.69, 9.17) is 10.5 Å². The van der Waals surface area contributed by atoms with Gasteiger partial charge in [-0.1, -0.05) is 26.0 Å². The van der Waals surface area contributed by atoms with Crippen LogP contribution in [0.3, 0.4) is 0 Å². The Morgan fingerprint density at radius 2 is 2.00 bits per heavy atom. The Labute approximate surface area is 95.8 Å². The topological polar surface area (TPSA) is 64.3 Å². The molecular weight excluding hydrogens is 204 g/mol. The molecule has 0 radical (unpaired) electrons.